The summed E-state index contributed by atoms with van der Waals surface area (Å²) in [5.41, 5.74) is 2.85. The average molecular weight is 359 g/mol. The molecule has 0 aliphatic heterocycles. The molecule has 0 aliphatic carbocycles. The van der Waals surface area contributed by atoms with Crippen molar-refractivity contribution in [1.82, 2.24) is 24.8 Å². The molecule has 0 bridgehead atoms. The van der Waals surface area contributed by atoms with E-state index in [1.165, 1.54) is 0 Å². The third kappa shape index (κ3) is 4.09. The Morgan fingerprint density at radius 1 is 0.963 bits per heavy atom. The lowest BCUT2D eigenvalue weighted by atomic mass is 10.2. The van der Waals surface area contributed by atoms with Crippen LogP contribution in [0.15, 0.2) is 79.1 Å². The maximum atomic E-state index is 12.2. The van der Waals surface area contributed by atoms with Crippen molar-refractivity contribution in [1.29, 1.82) is 0 Å². The summed E-state index contributed by atoms with van der Waals surface area (Å²) in [6.45, 7) is 0.618. The molecule has 0 radical (unpaired) electrons. The van der Waals surface area contributed by atoms with Gasteiger partial charge >= 0.3 is 5.97 Å². The molecule has 0 saturated heterocycles. The maximum absolute atomic E-state index is 12.2. The van der Waals surface area contributed by atoms with E-state index in [9.17, 15) is 4.79 Å². The van der Waals surface area contributed by atoms with Crippen LogP contribution in [0.3, 0.4) is 0 Å². The van der Waals surface area contributed by atoms with Crippen molar-refractivity contribution >= 4 is 5.97 Å². The van der Waals surface area contributed by atoms with Gasteiger partial charge in [0, 0.05) is 6.20 Å². The Balaban J connectivity index is 1.35. The number of nitrogens with zero attached hydrogens (tertiary/aromatic N) is 5. The number of carbonyl (C=O) groups is 1. The zero-order valence-electron chi connectivity index (χ0n) is 14.5. The number of hydrogen-bond acceptors (Lipinski definition) is 5. The van der Waals surface area contributed by atoms with Crippen molar-refractivity contribution in [3.8, 4) is 5.69 Å². The van der Waals surface area contributed by atoms with Crippen LogP contribution in [0.4, 0.5) is 0 Å². The number of rotatable bonds is 6. The van der Waals surface area contributed by atoms with Gasteiger partial charge in [0.1, 0.15) is 12.3 Å². The third-order valence-electron chi connectivity index (χ3n) is 3.95. The summed E-state index contributed by atoms with van der Waals surface area (Å²) in [6.07, 6.45) is 3.41. The van der Waals surface area contributed by atoms with E-state index < -0.39 is 5.97 Å². The minimum atomic E-state index is -0.524. The van der Waals surface area contributed by atoms with Crippen LogP contribution in [0.5, 0.6) is 0 Å². The fraction of sp³-hybridized carbons (Fsp3) is 0.100. The van der Waals surface area contributed by atoms with Crippen LogP contribution in [0.1, 0.15) is 21.7 Å². The Hall–Kier alpha value is -3.74. The normalized spacial score (nSPS) is 10.7. The van der Waals surface area contributed by atoms with Crippen LogP contribution in [0, 0.1) is 0 Å². The van der Waals surface area contributed by atoms with Crippen molar-refractivity contribution in [3.05, 3.63) is 96.1 Å². The minimum Gasteiger partial charge on any atom is -0.454 e. The van der Waals surface area contributed by atoms with E-state index in [1.807, 2.05) is 72.9 Å². The maximum Gasteiger partial charge on any atom is 0.360 e. The largest absolute Gasteiger partial charge is 0.454 e. The molecule has 0 amide bonds. The first kappa shape index (κ1) is 16.7. The Kier molecular flexibility index (Phi) is 4.74. The molecular formula is C20H17N5O2. The van der Waals surface area contributed by atoms with Gasteiger partial charge in [0.15, 0.2) is 5.69 Å². The van der Waals surface area contributed by atoms with E-state index in [2.05, 4.69) is 15.4 Å². The van der Waals surface area contributed by atoms with Gasteiger partial charge < -0.3 is 4.74 Å². The molecule has 2 aromatic carbocycles. The second kappa shape index (κ2) is 7.65. The molecule has 134 valence electrons. The lowest BCUT2D eigenvalue weighted by Crippen LogP contribution is -2.06. The van der Waals surface area contributed by atoms with E-state index in [1.54, 1.807) is 15.6 Å². The second-order valence-corrected chi connectivity index (χ2v) is 5.95. The number of para-hydroxylation sites is 1. The lowest BCUT2D eigenvalue weighted by Gasteiger charge is -2.01. The topological polar surface area (TPSA) is 74.8 Å². The standard InChI is InChI=1S/C20H17N5O2/c26-20(19-14-24(23-21-19)13-16-7-3-1-4-8-16)27-15-17-11-12-25(22-17)18-9-5-2-6-10-18/h1-12,14H,13,15H2. The highest BCUT2D eigenvalue weighted by Gasteiger charge is 2.13. The Morgan fingerprint density at radius 3 is 2.48 bits per heavy atom. The first-order valence-corrected chi connectivity index (χ1v) is 8.49. The van der Waals surface area contributed by atoms with E-state index in [-0.39, 0.29) is 12.3 Å². The molecular weight excluding hydrogens is 342 g/mol. The molecule has 2 aromatic heterocycles. The van der Waals surface area contributed by atoms with Gasteiger partial charge in [-0.1, -0.05) is 53.7 Å². The summed E-state index contributed by atoms with van der Waals surface area (Å²) >= 11 is 0. The molecule has 0 unspecified atom stereocenters. The number of benzene rings is 2. The highest BCUT2D eigenvalue weighted by Crippen LogP contribution is 2.09. The Morgan fingerprint density at radius 2 is 1.70 bits per heavy atom. The van der Waals surface area contributed by atoms with E-state index in [4.69, 9.17) is 4.74 Å². The van der Waals surface area contributed by atoms with Crippen LogP contribution >= 0.6 is 0 Å². The molecule has 7 heteroatoms. The number of hydrogen-bond donors (Lipinski definition) is 0. The zero-order valence-corrected chi connectivity index (χ0v) is 14.5. The van der Waals surface area contributed by atoms with Crippen molar-refractivity contribution in [3.63, 3.8) is 0 Å². The second-order valence-electron chi connectivity index (χ2n) is 5.95. The fourth-order valence-electron chi connectivity index (χ4n) is 2.62. The summed E-state index contributed by atoms with van der Waals surface area (Å²) in [6, 6.07) is 21.4. The molecule has 0 saturated carbocycles. The van der Waals surface area contributed by atoms with Gasteiger partial charge in [-0.05, 0) is 23.8 Å². The van der Waals surface area contributed by atoms with Gasteiger partial charge in [0.2, 0.25) is 0 Å². The molecule has 4 rings (SSSR count). The van der Waals surface area contributed by atoms with Crippen molar-refractivity contribution < 1.29 is 9.53 Å². The SMILES string of the molecule is O=C(OCc1ccn(-c2ccccc2)n1)c1cn(Cc2ccccc2)nn1. The van der Waals surface area contributed by atoms with Gasteiger partial charge in [-0.3, -0.25) is 0 Å². The number of esters is 1. The molecule has 0 atom stereocenters. The van der Waals surface area contributed by atoms with Crippen LogP contribution in [0.2, 0.25) is 0 Å². The molecule has 2 heterocycles. The summed E-state index contributed by atoms with van der Waals surface area (Å²) in [5, 5.41) is 12.3. The number of ether oxygens (including phenoxy) is 1. The predicted molar refractivity (Wildman–Crippen MR) is 98.2 cm³/mol. The highest BCUT2D eigenvalue weighted by molar-refractivity contribution is 5.86. The molecule has 0 aliphatic rings. The highest BCUT2D eigenvalue weighted by atomic mass is 16.5. The van der Waals surface area contributed by atoms with E-state index in [0.29, 0.717) is 12.2 Å². The Bertz CT molecular complexity index is 1020. The fourth-order valence-corrected chi connectivity index (χ4v) is 2.62. The summed E-state index contributed by atoms with van der Waals surface area (Å²) in [4.78, 5) is 12.2. The van der Waals surface area contributed by atoms with Gasteiger partial charge in [-0.2, -0.15) is 5.10 Å². The summed E-state index contributed by atoms with van der Waals surface area (Å²) in [7, 11) is 0. The van der Waals surface area contributed by atoms with Crippen molar-refractivity contribution in [2.45, 2.75) is 13.2 Å². The molecule has 4 aromatic rings. The van der Waals surface area contributed by atoms with Gasteiger partial charge in [0.25, 0.3) is 0 Å². The monoisotopic (exact) mass is 359 g/mol. The first-order chi connectivity index (χ1) is 13.3. The zero-order chi connectivity index (χ0) is 18.5. The van der Waals surface area contributed by atoms with Crippen LogP contribution in [0.25, 0.3) is 5.69 Å². The van der Waals surface area contributed by atoms with E-state index in [0.717, 1.165) is 11.3 Å². The summed E-state index contributed by atoms with van der Waals surface area (Å²) in [5.74, 6) is -0.524. The van der Waals surface area contributed by atoms with E-state index >= 15 is 0 Å². The molecule has 0 spiro atoms. The minimum absolute atomic E-state index is 0.0736. The average Bonchev–Trinajstić information content (AvgIpc) is 3.37. The van der Waals surface area contributed by atoms with Crippen LogP contribution < -0.4 is 0 Å². The van der Waals surface area contributed by atoms with Gasteiger partial charge in [0.05, 0.1) is 18.4 Å². The van der Waals surface area contributed by atoms with Crippen molar-refractivity contribution in [2.75, 3.05) is 0 Å². The lowest BCUT2D eigenvalue weighted by molar-refractivity contribution is 0.0460. The number of aromatic nitrogens is 5. The first-order valence-electron chi connectivity index (χ1n) is 8.49. The number of carbonyl (C=O) groups excluding carboxylic acids is 1. The predicted octanol–water partition coefficient (Wildman–Crippen LogP) is 2.87. The molecule has 0 N–H and O–H groups in total. The quantitative estimate of drug-likeness (QED) is 0.495. The van der Waals surface area contributed by atoms with Crippen LogP contribution in [-0.2, 0) is 17.9 Å². The Labute approximate surface area is 155 Å². The summed E-state index contributed by atoms with van der Waals surface area (Å²) < 4.78 is 8.64. The van der Waals surface area contributed by atoms with Gasteiger partial charge in [-0.15, -0.1) is 5.10 Å². The smallest absolute Gasteiger partial charge is 0.360 e. The molecule has 0 fully saturated rings. The van der Waals surface area contributed by atoms with Crippen molar-refractivity contribution in [2.24, 2.45) is 0 Å². The van der Waals surface area contributed by atoms with Gasteiger partial charge in [-0.25, -0.2) is 14.2 Å². The molecule has 7 nitrogen and oxygen atoms in total. The van der Waals surface area contributed by atoms with Crippen LogP contribution in [-0.4, -0.2) is 30.7 Å². The third-order valence-corrected chi connectivity index (χ3v) is 3.95. The molecule has 27 heavy (non-hydrogen) atoms.